The lowest BCUT2D eigenvalue weighted by Gasteiger charge is -2.31. The number of anilines is 2. The molecule has 0 amide bonds. The maximum atomic E-state index is 10.9. The van der Waals surface area contributed by atoms with E-state index in [2.05, 4.69) is 23.6 Å². The summed E-state index contributed by atoms with van der Waals surface area (Å²) in [4.78, 5) is 15.1. The summed E-state index contributed by atoms with van der Waals surface area (Å²) in [5, 5.41) is 10.3. The second-order valence-corrected chi connectivity index (χ2v) is 4.28. The number of hydrogen-bond donors (Lipinski definition) is 1. The molecule has 0 fully saturated rings. The average molecular weight is 263 g/mol. The highest BCUT2D eigenvalue weighted by Crippen LogP contribution is 2.39. The third-order valence-corrected chi connectivity index (χ3v) is 3.42. The van der Waals surface area contributed by atoms with Crippen LogP contribution in [0.15, 0.2) is 12.1 Å². The van der Waals surface area contributed by atoms with Crippen molar-refractivity contribution in [2.75, 3.05) is 36.0 Å². The normalized spacial score (nSPS) is 10.3. The van der Waals surface area contributed by atoms with E-state index in [1.54, 1.807) is 12.4 Å². The van der Waals surface area contributed by atoms with Gasteiger partial charge >= 0.3 is 0 Å². The summed E-state index contributed by atoms with van der Waals surface area (Å²) in [6.45, 7) is 11.5. The number of hydrogen-bond acceptors (Lipinski definition) is 4. The third-order valence-electron chi connectivity index (χ3n) is 3.42. The van der Waals surface area contributed by atoms with Crippen LogP contribution in [0.1, 0.15) is 33.3 Å². The van der Waals surface area contributed by atoms with Crippen molar-refractivity contribution < 1.29 is 9.90 Å². The van der Waals surface area contributed by atoms with Crippen molar-refractivity contribution in [3.8, 4) is 5.75 Å². The zero-order valence-corrected chi connectivity index (χ0v) is 12.2. The van der Waals surface area contributed by atoms with Crippen LogP contribution in [-0.2, 0) is 4.79 Å². The van der Waals surface area contributed by atoms with E-state index in [0.29, 0.717) is 0 Å². The lowest BCUT2D eigenvalue weighted by atomic mass is 10.1. The Hall–Kier alpha value is -1.71. The number of phenolic OH excluding ortho intramolecular Hbond substituents is 1. The molecule has 19 heavy (non-hydrogen) atoms. The van der Waals surface area contributed by atoms with Crippen molar-refractivity contribution in [1.29, 1.82) is 0 Å². The van der Waals surface area contributed by atoms with Crippen LogP contribution in [0.4, 0.5) is 11.4 Å². The maximum absolute atomic E-state index is 10.9. The summed E-state index contributed by atoms with van der Waals surface area (Å²) in [6, 6.07) is 3.52. The number of rotatable bonds is 7. The van der Waals surface area contributed by atoms with E-state index in [-0.39, 0.29) is 11.3 Å². The first-order valence-electron chi connectivity index (χ1n) is 6.88. The molecule has 0 atom stereocenters. The molecule has 0 heterocycles. The lowest BCUT2D eigenvalue weighted by molar-refractivity contribution is 0.471. The van der Waals surface area contributed by atoms with Crippen LogP contribution >= 0.6 is 0 Å². The average Bonchev–Trinajstić information content (AvgIpc) is 2.44. The van der Waals surface area contributed by atoms with Crippen LogP contribution in [0.25, 0.3) is 0 Å². The van der Waals surface area contributed by atoms with Gasteiger partial charge in [0.1, 0.15) is 5.69 Å². The summed E-state index contributed by atoms with van der Waals surface area (Å²) in [5.41, 5.74) is 1.91. The minimum absolute atomic E-state index is 0.0306. The molecule has 0 aliphatic heterocycles. The van der Waals surface area contributed by atoms with Crippen molar-refractivity contribution >= 4 is 17.7 Å². The molecule has 0 saturated heterocycles. The quantitative estimate of drug-likeness (QED) is 0.821. The summed E-state index contributed by atoms with van der Waals surface area (Å²) >= 11 is 0. The Morgan fingerprint density at radius 1 is 1.00 bits per heavy atom. The van der Waals surface area contributed by atoms with Crippen molar-refractivity contribution in [2.45, 2.75) is 27.7 Å². The van der Waals surface area contributed by atoms with Gasteiger partial charge in [0, 0.05) is 26.2 Å². The van der Waals surface area contributed by atoms with Crippen molar-refractivity contribution in [2.24, 2.45) is 0 Å². The van der Waals surface area contributed by atoms with E-state index >= 15 is 0 Å². The van der Waals surface area contributed by atoms with Gasteiger partial charge in [-0.25, -0.2) is 0 Å². The van der Waals surface area contributed by atoms with Crippen LogP contribution < -0.4 is 9.80 Å². The van der Waals surface area contributed by atoms with E-state index in [1.807, 2.05) is 19.9 Å². The van der Waals surface area contributed by atoms with Crippen molar-refractivity contribution in [3.05, 3.63) is 17.7 Å². The molecule has 4 heteroatoms. The highest BCUT2D eigenvalue weighted by molar-refractivity contribution is 5.89. The van der Waals surface area contributed by atoms with Crippen LogP contribution in [0.3, 0.4) is 0 Å². The monoisotopic (exact) mass is 263 g/mol. The van der Waals surface area contributed by atoms with Crippen LogP contribution in [0, 0.1) is 0 Å². The highest BCUT2D eigenvalue weighted by atomic mass is 16.3. The largest absolute Gasteiger partial charge is 0.505 e. The van der Waals surface area contributed by atoms with Crippen molar-refractivity contribution in [1.82, 2.24) is 0 Å². The fourth-order valence-corrected chi connectivity index (χ4v) is 2.32. The van der Waals surface area contributed by atoms with Crippen LogP contribution in [0.2, 0.25) is 0 Å². The molecular weight excluding hydrogens is 240 g/mol. The SMILES string of the molecule is CCN(CC)c1ccc([C]=O)c(O)c1N(CC)CC. The molecule has 1 N–H and O–H groups in total. The fourth-order valence-electron chi connectivity index (χ4n) is 2.32. The van der Waals surface area contributed by atoms with Crippen LogP contribution in [0.5, 0.6) is 5.75 Å². The second-order valence-electron chi connectivity index (χ2n) is 4.28. The van der Waals surface area contributed by atoms with Gasteiger partial charge in [-0.1, -0.05) is 0 Å². The van der Waals surface area contributed by atoms with Gasteiger partial charge in [0.05, 0.1) is 11.3 Å². The Morgan fingerprint density at radius 2 is 1.53 bits per heavy atom. The zero-order valence-electron chi connectivity index (χ0n) is 12.2. The molecule has 0 aromatic heterocycles. The first-order valence-corrected chi connectivity index (χ1v) is 6.88. The van der Waals surface area contributed by atoms with E-state index in [4.69, 9.17) is 0 Å². The molecule has 1 aromatic carbocycles. The number of nitrogens with zero attached hydrogens (tertiary/aromatic N) is 2. The van der Waals surface area contributed by atoms with Gasteiger partial charge in [-0.05, 0) is 39.8 Å². The minimum Gasteiger partial charge on any atom is -0.505 e. The van der Waals surface area contributed by atoms with E-state index in [9.17, 15) is 9.90 Å². The summed E-state index contributed by atoms with van der Waals surface area (Å²) in [5.74, 6) is 0.0306. The molecular formula is C15H23N2O2. The lowest BCUT2D eigenvalue weighted by Crippen LogP contribution is -2.28. The Kier molecular flexibility index (Phi) is 5.67. The molecule has 0 bridgehead atoms. The molecule has 1 rings (SSSR count). The molecule has 0 unspecified atom stereocenters. The molecule has 0 aliphatic rings. The molecule has 1 aromatic rings. The summed E-state index contributed by atoms with van der Waals surface area (Å²) < 4.78 is 0. The van der Waals surface area contributed by atoms with E-state index in [0.717, 1.165) is 37.6 Å². The number of phenols is 1. The maximum Gasteiger partial charge on any atom is 0.237 e. The second kappa shape index (κ2) is 7.02. The van der Waals surface area contributed by atoms with Gasteiger partial charge in [-0.3, -0.25) is 4.79 Å². The predicted octanol–water partition coefficient (Wildman–Crippen LogP) is 2.54. The first-order chi connectivity index (χ1) is 9.14. The molecule has 1 radical (unpaired) electrons. The minimum atomic E-state index is 0.0306. The van der Waals surface area contributed by atoms with Crippen molar-refractivity contribution in [3.63, 3.8) is 0 Å². The Morgan fingerprint density at radius 3 is 1.95 bits per heavy atom. The number of aromatic hydroxyl groups is 1. The Balaban J connectivity index is 3.45. The highest BCUT2D eigenvalue weighted by Gasteiger charge is 2.19. The zero-order chi connectivity index (χ0) is 14.4. The molecule has 105 valence electrons. The fraction of sp³-hybridized carbons (Fsp3) is 0.533. The topological polar surface area (TPSA) is 43.8 Å². The van der Waals surface area contributed by atoms with Gasteiger partial charge in [0.25, 0.3) is 0 Å². The smallest absolute Gasteiger partial charge is 0.237 e. The molecule has 0 spiro atoms. The standard InChI is InChI=1S/C15H23N2O2/c1-5-16(6-2)13-10-9-12(11-18)15(19)14(13)17(7-3)8-4/h9-10,19H,5-8H2,1-4H3. The third kappa shape index (κ3) is 3.00. The molecule has 4 nitrogen and oxygen atoms in total. The number of carbonyl (C=O) groups excluding carboxylic acids is 1. The van der Waals surface area contributed by atoms with Gasteiger partial charge in [-0.2, -0.15) is 0 Å². The van der Waals surface area contributed by atoms with Crippen LogP contribution in [-0.4, -0.2) is 37.6 Å². The van der Waals surface area contributed by atoms with E-state index < -0.39 is 0 Å². The molecule has 0 saturated carbocycles. The van der Waals surface area contributed by atoms with E-state index in [1.165, 1.54) is 0 Å². The predicted molar refractivity (Wildman–Crippen MR) is 80.0 cm³/mol. The van der Waals surface area contributed by atoms with Gasteiger partial charge in [0.15, 0.2) is 5.75 Å². The Labute approximate surface area is 115 Å². The molecule has 0 aliphatic carbocycles. The Bertz CT molecular complexity index is 424. The van der Waals surface area contributed by atoms with Gasteiger partial charge in [-0.15, -0.1) is 0 Å². The number of benzene rings is 1. The summed E-state index contributed by atoms with van der Waals surface area (Å²) in [7, 11) is 0. The summed E-state index contributed by atoms with van der Waals surface area (Å²) in [6.07, 6.45) is 1.80. The first kappa shape index (κ1) is 15.3. The van der Waals surface area contributed by atoms with Gasteiger partial charge < -0.3 is 14.9 Å². The van der Waals surface area contributed by atoms with Gasteiger partial charge in [0.2, 0.25) is 6.29 Å².